The highest BCUT2D eigenvalue weighted by molar-refractivity contribution is 5.98. The Hall–Kier alpha value is -2.37. The molecule has 2 aromatic rings. The highest BCUT2D eigenvalue weighted by Gasteiger charge is 2.41. The van der Waals surface area contributed by atoms with Crippen molar-refractivity contribution in [1.82, 2.24) is 15.5 Å². The molecule has 5 rings (SSSR count). The number of amides is 1. The van der Waals surface area contributed by atoms with Crippen LogP contribution < -0.4 is 15.4 Å². The minimum absolute atomic E-state index is 0.0622. The largest absolute Gasteiger partial charge is 0.496 e. The lowest BCUT2D eigenvalue weighted by Crippen LogP contribution is -2.54. The summed E-state index contributed by atoms with van der Waals surface area (Å²) in [6.45, 7) is 5.39. The quantitative estimate of drug-likeness (QED) is 0.790. The van der Waals surface area contributed by atoms with Crippen molar-refractivity contribution in [3.05, 3.63) is 64.7 Å². The standard InChI is InChI=1S/C26H33N3O2/c1-17(18-7-4-3-5-8-18)28-26(30)21-11-10-19-12-14-29-16-20-9-6-13-27-22(20)15-23(29)24(19)25(21)31-2/h3-5,7-8,10-11,17,20,22-23,27H,6,9,12-16H2,1-2H3,(H,28,30)/t17-,20-,22+,23+/m1/s1. The normalized spacial score (nSPS) is 26.2. The number of fused-ring (bicyclic) bond motifs is 4. The molecule has 3 aliphatic heterocycles. The lowest BCUT2D eigenvalue weighted by molar-refractivity contribution is 0.0537. The Morgan fingerprint density at radius 1 is 1.23 bits per heavy atom. The second-order valence-corrected chi connectivity index (χ2v) is 9.28. The van der Waals surface area contributed by atoms with Gasteiger partial charge in [-0.15, -0.1) is 0 Å². The van der Waals surface area contributed by atoms with E-state index < -0.39 is 0 Å². The first-order chi connectivity index (χ1) is 15.2. The summed E-state index contributed by atoms with van der Waals surface area (Å²) in [7, 11) is 1.70. The molecule has 0 spiro atoms. The second kappa shape index (κ2) is 8.64. The Bertz CT molecular complexity index is 945. The maximum atomic E-state index is 13.3. The number of hydrogen-bond acceptors (Lipinski definition) is 4. The average Bonchev–Trinajstić information content (AvgIpc) is 2.82. The zero-order valence-electron chi connectivity index (χ0n) is 18.6. The van der Waals surface area contributed by atoms with Crippen LogP contribution in [0.25, 0.3) is 0 Å². The third-order valence-electron chi connectivity index (χ3n) is 7.50. The highest BCUT2D eigenvalue weighted by Crippen LogP contribution is 2.45. The predicted molar refractivity (Wildman–Crippen MR) is 122 cm³/mol. The minimum Gasteiger partial charge on any atom is -0.496 e. The third kappa shape index (κ3) is 3.85. The first kappa shape index (κ1) is 20.5. The fourth-order valence-electron chi connectivity index (χ4n) is 5.87. The number of nitrogens with one attached hydrogen (secondary N) is 2. The molecule has 164 valence electrons. The number of ether oxygens (including phenoxy) is 1. The van der Waals surface area contributed by atoms with Crippen molar-refractivity contribution < 1.29 is 9.53 Å². The van der Waals surface area contributed by atoms with E-state index in [0.29, 0.717) is 17.6 Å². The van der Waals surface area contributed by atoms with Crippen molar-refractivity contribution in [2.24, 2.45) is 5.92 Å². The van der Waals surface area contributed by atoms with Gasteiger partial charge in [0.1, 0.15) is 5.75 Å². The first-order valence-electron chi connectivity index (χ1n) is 11.7. The second-order valence-electron chi connectivity index (χ2n) is 9.28. The summed E-state index contributed by atoms with van der Waals surface area (Å²) < 4.78 is 5.93. The molecule has 1 amide bonds. The maximum Gasteiger partial charge on any atom is 0.255 e. The number of hydrogen-bond donors (Lipinski definition) is 2. The number of benzene rings is 2. The van der Waals surface area contributed by atoms with E-state index in [2.05, 4.69) is 21.6 Å². The highest BCUT2D eigenvalue weighted by atomic mass is 16.5. The molecule has 5 nitrogen and oxygen atoms in total. The van der Waals surface area contributed by atoms with Crippen LogP contribution in [0.1, 0.15) is 65.3 Å². The zero-order valence-corrected chi connectivity index (χ0v) is 18.6. The Kier molecular flexibility index (Phi) is 5.72. The van der Waals surface area contributed by atoms with Gasteiger partial charge in [0.05, 0.1) is 18.7 Å². The van der Waals surface area contributed by atoms with Crippen LogP contribution in [0.5, 0.6) is 5.75 Å². The van der Waals surface area contributed by atoms with Crippen molar-refractivity contribution >= 4 is 5.91 Å². The van der Waals surface area contributed by atoms with E-state index in [9.17, 15) is 4.79 Å². The van der Waals surface area contributed by atoms with Crippen molar-refractivity contribution in [2.75, 3.05) is 26.7 Å². The molecule has 0 bridgehead atoms. The van der Waals surface area contributed by atoms with Crippen molar-refractivity contribution in [3.63, 3.8) is 0 Å². The summed E-state index contributed by atoms with van der Waals surface area (Å²) >= 11 is 0. The van der Waals surface area contributed by atoms with E-state index in [1.807, 2.05) is 43.3 Å². The van der Waals surface area contributed by atoms with Crippen LogP contribution in [0.2, 0.25) is 0 Å². The number of piperidine rings is 2. The molecule has 0 aromatic heterocycles. The number of rotatable bonds is 4. The van der Waals surface area contributed by atoms with Crippen LogP contribution in [0, 0.1) is 5.92 Å². The fourth-order valence-corrected chi connectivity index (χ4v) is 5.87. The fraction of sp³-hybridized carbons (Fsp3) is 0.500. The van der Waals surface area contributed by atoms with Crippen LogP contribution in [-0.2, 0) is 6.42 Å². The van der Waals surface area contributed by atoms with Crippen LogP contribution in [0.15, 0.2) is 42.5 Å². The summed E-state index contributed by atoms with van der Waals surface area (Å²) in [5.41, 5.74) is 4.31. The van der Waals surface area contributed by atoms with Gasteiger partial charge in [-0.1, -0.05) is 36.4 Å². The van der Waals surface area contributed by atoms with E-state index in [1.54, 1.807) is 7.11 Å². The Labute approximate surface area is 185 Å². The first-order valence-corrected chi connectivity index (χ1v) is 11.7. The smallest absolute Gasteiger partial charge is 0.255 e. The molecule has 3 aliphatic rings. The summed E-state index contributed by atoms with van der Waals surface area (Å²) in [5, 5.41) is 6.92. The van der Waals surface area contributed by atoms with Crippen molar-refractivity contribution in [2.45, 2.75) is 50.7 Å². The topological polar surface area (TPSA) is 53.6 Å². The van der Waals surface area contributed by atoms with Crippen LogP contribution in [-0.4, -0.2) is 43.6 Å². The van der Waals surface area contributed by atoms with Gasteiger partial charge in [-0.05, 0) is 62.3 Å². The zero-order chi connectivity index (χ0) is 21.4. The Balaban J connectivity index is 1.44. The van der Waals surface area contributed by atoms with E-state index in [0.717, 1.165) is 49.7 Å². The maximum absolute atomic E-state index is 13.3. The van der Waals surface area contributed by atoms with Gasteiger partial charge < -0.3 is 15.4 Å². The summed E-state index contributed by atoms with van der Waals surface area (Å²) in [5.74, 6) is 1.44. The predicted octanol–water partition coefficient (Wildman–Crippen LogP) is 3.86. The molecule has 5 heteroatoms. The molecule has 2 saturated heterocycles. The molecule has 2 N–H and O–H groups in total. The summed E-state index contributed by atoms with van der Waals surface area (Å²) in [6, 6.07) is 15.0. The molecule has 31 heavy (non-hydrogen) atoms. The van der Waals surface area contributed by atoms with E-state index >= 15 is 0 Å². The van der Waals surface area contributed by atoms with Crippen molar-refractivity contribution in [3.8, 4) is 5.75 Å². The number of carbonyl (C=O) groups is 1. The lowest BCUT2D eigenvalue weighted by Gasteiger charge is -2.49. The average molecular weight is 420 g/mol. The number of carbonyl (C=O) groups excluding carboxylic acids is 1. The van der Waals surface area contributed by atoms with Crippen molar-refractivity contribution in [1.29, 1.82) is 0 Å². The van der Waals surface area contributed by atoms with Gasteiger partial charge in [-0.25, -0.2) is 0 Å². The molecule has 4 atom stereocenters. The van der Waals surface area contributed by atoms with Gasteiger partial charge in [0.2, 0.25) is 0 Å². The monoisotopic (exact) mass is 419 g/mol. The van der Waals surface area contributed by atoms with Gasteiger partial charge in [-0.3, -0.25) is 9.69 Å². The lowest BCUT2D eigenvalue weighted by atomic mass is 9.77. The van der Waals surface area contributed by atoms with Crippen LogP contribution >= 0.6 is 0 Å². The van der Waals surface area contributed by atoms with Crippen LogP contribution in [0.3, 0.4) is 0 Å². The molecule has 2 fully saturated rings. The van der Waals surface area contributed by atoms with E-state index in [1.165, 1.54) is 24.0 Å². The van der Waals surface area contributed by atoms with Gasteiger partial charge >= 0.3 is 0 Å². The summed E-state index contributed by atoms with van der Waals surface area (Å²) in [6.07, 6.45) is 4.73. The molecular weight excluding hydrogens is 386 g/mol. The summed E-state index contributed by atoms with van der Waals surface area (Å²) in [4.78, 5) is 15.9. The number of nitrogens with zero attached hydrogens (tertiary/aromatic N) is 1. The molecule has 0 radical (unpaired) electrons. The van der Waals surface area contributed by atoms with Gasteiger partial charge in [0.15, 0.2) is 0 Å². The third-order valence-corrected chi connectivity index (χ3v) is 7.50. The van der Waals surface area contributed by atoms with Gasteiger partial charge in [0, 0.05) is 30.7 Å². The minimum atomic E-state index is -0.0717. The molecule has 3 heterocycles. The van der Waals surface area contributed by atoms with Gasteiger partial charge in [-0.2, -0.15) is 0 Å². The van der Waals surface area contributed by atoms with E-state index in [4.69, 9.17) is 4.74 Å². The van der Waals surface area contributed by atoms with Gasteiger partial charge in [0.25, 0.3) is 5.91 Å². The molecular formula is C26H33N3O2. The van der Waals surface area contributed by atoms with E-state index in [-0.39, 0.29) is 11.9 Å². The molecule has 0 aliphatic carbocycles. The Morgan fingerprint density at radius 2 is 2.06 bits per heavy atom. The Morgan fingerprint density at radius 3 is 2.87 bits per heavy atom. The SMILES string of the molecule is COc1c(C(=O)N[C@H](C)c2ccccc2)ccc2c1[C@@H]1C[C@@H]3NCCC[C@@H]3CN1CC2. The number of methoxy groups -OCH3 is 1. The molecule has 0 unspecified atom stereocenters. The molecule has 0 saturated carbocycles. The van der Waals surface area contributed by atoms with Crippen LogP contribution in [0.4, 0.5) is 0 Å². The molecule has 2 aromatic carbocycles.